The Balaban J connectivity index is 1.39. The zero-order chi connectivity index (χ0) is 18.8. The number of rotatable bonds is 4. The van der Waals surface area contributed by atoms with Gasteiger partial charge in [-0.2, -0.15) is 5.10 Å². The molecule has 27 heavy (non-hydrogen) atoms. The molecule has 0 radical (unpaired) electrons. The lowest BCUT2D eigenvalue weighted by Crippen LogP contribution is -2.41. The van der Waals surface area contributed by atoms with Crippen molar-refractivity contribution in [2.75, 3.05) is 0 Å². The first-order chi connectivity index (χ1) is 13.1. The van der Waals surface area contributed by atoms with E-state index in [-0.39, 0.29) is 18.0 Å². The summed E-state index contributed by atoms with van der Waals surface area (Å²) < 4.78 is 1.04. The van der Waals surface area contributed by atoms with Crippen LogP contribution in [-0.4, -0.2) is 23.1 Å². The Morgan fingerprint density at radius 3 is 2.78 bits per heavy atom. The molecule has 1 aromatic heterocycles. The number of para-hydroxylation sites is 1. The summed E-state index contributed by atoms with van der Waals surface area (Å²) in [6.07, 6.45) is 2.36. The Labute approximate surface area is 165 Å². The predicted molar refractivity (Wildman–Crippen MR) is 110 cm³/mol. The third-order valence-electron chi connectivity index (χ3n) is 4.80. The molecule has 0 aliphatic carbocycles. The number of carbonyl (C=O) groups is 1. The first-order valence-corrected chi connectivity index (χ1v) is 9.58. The quantitative estimate of drug-likeness (QED) is 0.382. The van der Waals surface area contributed by atoms with Crippen LogP contribution < -0.4 is 16.3 Å². The average molecular weight is 426 g/mol. The second-order valence-corrected chi connectivity index (χ2v) is 7.54. The second-order valence-electron chi connectivity index (χ2n) is 6.62. The minimum absolute atomic E-state index is 0.0914. The molecule has 2 aromatic carbocycles. The van der Waals surface area contributed by atoms with Gasteiger partial charge in [0.2, 0.25) is 0 Å². The fraction of sp³-hybridized carbons (Fsp3) is 0.200. The number of hydrazine groups is 1. The van der Waals surface area contributed by atoms with Gasteiger partial charge in [-0.15, -0.1) is 0 Å². The summed E-state index contributed by atoms with van der Waals surface area (Å²) in [5.74, 6) is -0.157. The summed E-state index contributed by atoms with van der Waals surface area (Å²) >= 11 is 3.44. The highest BCUT2D eigenvalue weighted by Crippen LogP contribution is 2.24. The lowest BCUT2D eigenvalue weighted by molar-refractivity contribution is -0.122. The smallest absolute Gasteiger partial charge is 0.258 e. The number of carbonyl (C=O) groups excluding carboxylic acids is 1. The monoisotopic (exact) mass is 425 g/mol. The number of nitrogens with zero attached hydrogens (tertiary/aromatic N) is 1. The number of aromatic amines is 1. The fourth-order valence-corrected chi connectivity index (χ4v) is 3.61. The molecule has 0 saturated carbocycles. The van der Waals surface area contributed by atoms with Crippen molar-refractivity contribution in [1.29, 1.82) is 0 Å². The third-order valence-corrected chi connectivity index (χ3v) is 5.33. The molecule has 3 aromatic rings. The largest absolute Gasteiger partial charge is 0.358 e. The molecule has 4 rings (SSSR count). The minimum atomic E-state index is -0.333. The summed E-state index contributed by atoms with van der Waals surface area (Å²) in [7, 11) is 0. The van der Waals surface area contributed by atoms with Crippen molar-refractivity contribution in [2.24, 2.45) is 5.10 Å². The van der Waals surface area contributed by atoms with Crippen molar-refractivity contribution >= 4 is 39.0 Å². The Hall–Kier alpha value is -2.48. The molecule has 1 aliphatic rings. The molecule has 1 fully saturated rings. The number of H-pyrrole nitrogens is 1. The van der Waals surface area contributed by atoms with E-state index in [0.717, 1.165) is 32.2 Å². The van der Waals surface area contributed by atoms with E-state index in [1.165, 1.54) is 0 Å². The highest BCUT2D eigenvalue weighted by molar-refractivity contribution is 9.10. The van der Waals surface area contributed by atoms with Crippen LogP contribution in [0.1, 0.15) is 29.3 Å². The minimum Gasteiger partial charge on any atom is -0.358 e. The number of benzene rings is 2. The van der Waals surface area contributed by atoms with Gasteiger partial charge in [0.1, 0.15) is 6.04 Å². The van der Waals surface area contributed by atoms with E-state index in [9.17, 15) is 4.79 Å². The molecule has 2 unspecified atom stereocenters. The molecule has 0 bridgehead atoms. The zero-order valence-corrected chi connectivity index (χ0v) is 16.4. The standard InChI is InChI=1S/C20H20BrN5O/c1-12-16(15-4-2-3-5-17(15)23-12)11-22-26-20(27)19-10-18(24-25-19)13-6-8-14(21)9-7-13/h2-9,11,18-19,23-25H,10H2,1H3,(H,26,27)/b22-11+. The van der Waals surface area contributed by atoms with Gasteiger partial charge in [0.15, 0.2) is 0 Å². The summed E-state index contributed by atoms with van der Waals surface area (Å²) in [6, 6.07) is 15.9. The first-order valence-electron chi connectivity index (χ1n) is 8.78. The van der Waals surface area contributed by atoms with Gasteiger partial charge in [0, 0.05) is 32.7 Å². The van der Waals surface area contributed by atoms with Gasteiger partial charge in [0.25, 0.3) is 5.91 Å². The molecule has 2 heterocycles. The van der Waals surface area contributed by atoms with E-state index >= 15 is 0 Å². The molecule has 1 saturated heterocycles. The SMILES string of the molecule is Cc1[nH]c2ccccc2c1/C=N/NC(=O)C1CC(c2ccc(Br)cc2)NN1. The molecule has 1 aliphatic heterocycles. The van der Waals surface area contributed by atoms with Crippen molar-refractivity contribution in [3.63, 3.8) is 0 Å². The van der Waals surface area contributed by atoms with Crippen LogP contribution in [0.25, 0.3) is 10.9 Å². The number of halogens is 1. The molecule has 0 spiro atoms. The number of aryl methyl sites for hydroxylation is 1. The van der Waals surface area contributed by atoms with Crippen LogP contribution in [0.5, 0.6) is 0 Å². The summed E-state index contributed by atoms with van der Waals surface area (Å²) in [4.78, 5) is 15.7. The Kier molecular flexibility index (Phi) is 5.07. The maximum atomic E-state index is 12.4. The molecule has 7 heteroatoms. The van der Waals surface area contributed by atoms with E-state index in [2.05, 4.69) is 42.3 Å². The lowest BCUT2D eigenvalue weighted by atomic mass is 10.0. The van der Waals surface area contributed by atoms with Crippen LogP contribution in [0.15, 0.2) is 58.1 Å². The van der Waals surface area contributed by atoms with Gasteiger partial charge >= 0.3 is 0 Å². The number of hydrazone groups is 1. The molecule has 6 nitrogen and oxygen atoms in total. The molecule has 4 N–H and O–H groups in total. The Morgan fingerprint density at radius 2 is 1.96 bits per heavy atom. The van der Waals surface area contributed by atoms with Gasteiger partial charge in [0.05, 0.1) is 6.21 Å². The number of aromatic nitrogens is 1. The Bertz CT molecular complexity index is 995. The summed E-state index contributed by atoms with van der Waals surface area (Å²) in [5, 5.41) is 5.25. The van der Waals surface area contributed by atoms with Crippen LogP contribution in [0, 0.1) is 6.92 Å². The molecular weight excluding hydrogens is 406 g/mol. The third kappa shape index (κ3) is 3.80. The van der Waals surface area contributed by atoms with E-state index < -0.39 is 0 Å². The number of hydrogen-bond donors (Lipinski definition) is 4. The van der Waals surface area contributed by atoms with Crippen molar-refractivity contribution in [2.45, 2.75) is 25.4 Å². The summed E-state index contributed by atoms with van der Waals surface area (Å²) in [5.41, 5.74) is 13.1. The van der Waals surface area contributed by atoms with Crippen LogP contribution in [0.3, 0.4) is 0 Å². The highest BCUT2D eigenvalue weighted by atomic mass is 79.9. The first kappa shape index (κ1) is 17.9. The van der Waals surface area contributed by atoms with Gasteiger partial charge < -0.3 is 4.98 Å². The number of nitrogens with one attached hydrogen (secondary N) is 4. The highest BCUT2D eigenvalue weighted by Gasteiger charge is 2.29. The fourth-order valence-electron chi connectivity index (χ4n) is 3.34. The van der Waals surface area contributed by atoms with Crippen LogP contribution in [0.2, 0.25) is 0 Å². The lowest BCUT2D eigenvalue weighted by Gasteiger charge is -2.09. The van der Waals surface area contributed by atoms with Crippen molar-refractivity contribution in [3.8, 4) is 0 Å². The van der Waals surface area contributed by atoms with E-state index in [4.69, 9.17) is 0 Å². The summed E-state index contributed by atoms with van der Waals surface area (Å²) in [6.45, 7) is 1.99. The molecule has 138 valence electrons. The van der Waals surface area contributed by atoms with Gasteiger partial charge in [-0.1, -0.05) is 46.3 Å². The van der Waals surface area contributed by atoms with Crippen molar-refractivity contribution in [3.05, 3.63) is 69.8 Å². The van der Waals surface area contributed by atoms with E-state index in [0.29, 0.717) is 6.42 Å². The van der Waals surface area contributed by atoms with E-state index in [1.807, 2.05) is 55.5 Å². The zero-order valence-electron chi connectivity index (χ0n) is 14.8. The van der Waals surface area contributed by atoms with Gasteiger partial charge in [-0.05, 0) is 37.1 Å². The topological polar surface area (TPSA) is 81.3 Å². The molecule has 1 amide bonds. The number of amides is 1. The van der Waals surface area contributed by atoms with Crippen molar-refractivity contribution < 1.29 is 4.79 Å². The van der Waals surface area contributed by atoms with E-state index in [1.54, 1.807) is 6.21 Å². The Morgan fingerprint density at radius 1 is 1.19 bits per heavy atom. The average Bonchev–Trinajstić information content (AvgIpc) is 3.27. The molecule has 2 atom stereocenters. The maximum Gasteiger partial charge on any atom is 0.258 e. The second kappa shape index (κ2) is 7.64. The predicted octanol–water partition coefficient (Wildman–Crippen LogP) is 3.30. The van der Waals surface area contributed by atoms with Gasteiger partial charge in [-0.3, -0.25) is 4.79 Å². The number of fused-ring (bicyclic) bond motifs is 1. The van der Waals surface area contributed by atoms with Gasteiger partial charge in [-0.25, -0.2) is 16.3 Å². The van der Waals surface area contributed by atoms with Crippen LogP contribution >= 0.6 is 15.9 Å². The van der Waals surface area contributed by atoms with Crippen LogP contribution in [0.4, 0.5) is 0 Å². The van der Waals surface area contributed by atoms with Crippen LogP contribution in [-0.2, 0) is 4.79 Å². The maximum absolute atomic E-state index is 12.4. The van der Waals surface area contributed by atoms with Crippen molar-refractivity contribution in [1.82, 2.24) is 21.3 Å². The normalized spacial score (nSPS) is 19.8. The molecular formula is C20H20BrN5O. The number of hydrogen-bond acceptors (Lipinski definition) is 4.